The van der Waals surface area contributed by atoms with Crippen molar-refractivity contribution in [3.05, 3.63) is 113 Å². The maximum Gasteiger partial charge on any atom is 0.267 e. The Morgan fingerprint density at radius 3 is 1.94 bits per heavy atom. The van der Waals surface area contributed by atoms with Crippen LogP contribution in [0.3, 0.4) is 0 Å². The molecule has 0 atom stereocenters. The molecule has 1 aliphatic heterocycles. The Balaban J connectivity index is 1.44. The van der Waals surface area contributed by atoms with E-state index in [1.807, 2.05) is 23.1 Å². The Morgan fingerprint density at radius 2 is 1.42 bits per heavy atom. The van der Waals surface area contributed by atoms with Crippen LogP contribution in [0.1, 0.15) is 17.2 Å². The number of hydrogen-bond acceptors (Lipinski definition) is 4. The number of carbonyl (C=O) groups excluding carboxylic acids is 1. The van der Waals surface area contributed by atoms with Gasteiger partial charge in [0.05, 0.1) is 6.04 Å². The van der Waals surface area contributed by atoms with Crippen molar-refractivity contribution in [1.29, 1.82) is 5.26 Å². The van der Waals surface area contributed by atoms with E-state index in [1.165, 1.54) is 11.1 Å². The molecule has 166 valence electrons. The lowest BCUT2D eigenvalue weighted by molar-refractivity contribution is -0.112. The van der Waals surface area contributed by atoms with Crippen LogP contribution >= 0.6 is 11.6 Å². The monoisotopic (exact) mass is 456 g/mol. The molecule has 33 heavy (non-hydrogen) atoms. The summed E-state index contributed by atoms with van der Waals surface area (Å²) in [6.07, 6.45) is 1.67. The minimum absolute atomic E-state index is 0.0843. The van der Waals surface area contributed by atoms with Crippen molar-refractivity contribution in [3.63, 3.8) is 0 Å². The third kappa shape index (κ3) is 5.81. The van der Waals surface area contributed by atoms with Crippen molar-refractivity contribution in [2.45, 2.75) is 6.04 Å². The molecule has 1 aliphatic rings. The van der Waals surface area contributed by atoms with E-state index >= 15 is 0 Å². The van der Waals surface area contributed by atoms with Gasteiger partial charge in [0.25, 0.3) is 5.91 Å². The fraction of sp³-hybridized carbons (Fsp3) is 0.185. The van der Waals surface area contributed by atoms with Gasteiger partial charge in [-0.05, 0) is 35.4 Å². The predicted molar refractivity (Wildman–Crippen MR) is 132 cm³/mol. The van der Waals surface area contributed by atoms with Gasteiger partial charge in [0.1, 0.15) is 11.6 Å². The number of hydrogen-bond donors (Lipinski definition) is 1. The fourth-order valence-corrected chi connectivity index (χ4v) is 4.19. The molecule has 1 fully saturated rings. The molecule has 0 saturated carbocycles. The van der Waals surface area contributed by atoms with Gasteiger partial charge in [0.15, 0.2) is 0 Å². The number of nitriles is 1. The highest BCUT2D eigenvalue weighted by molar-refractivity contribution is 6.30. The lowest BCUT2D eigenvalue weighted by atomic mass is 9.96. The number of amides is 1. The zero-order valence-electron chi connectivity index (χ0n) is 18.2. The van der Waals surface area contributed by atoms with Crippen LogP contribution in [-0.2, 0) is 4.79 Å². The Hall–Kier alpha value is -3.59. The summed E-state index contributed by atoms with van der Waals surface area (Å²) in [5.41, 5.74) is 3.20. The van der Waals surface area contributed by atoms with Gasteiger partial charge < -0.3 is 10.2 Å². The first-order chi connectivity index (χ1) is 16.1. The summed E-state index contributed by atoms with van der Waals surface area (Å²) < 4.78 is 0. The highest BCUT2D eigenvalue weighted by Crippen LogP contribution is 2.29. The SMILES string of the molecule is N#C/C(=C/N1CCN(C(c2ccccc2)c2ccccc2)CC1)C(=O)Nc1ccc(Cl)cc1. The third-order valence-electron chi connectivity index (χ3n) is 5.72. The summed E-state index contributed by atoms with van der Waals surface area (Å²) in [6.45, 7) is 3.11. The van der Waals surface area contributed by atoms with E-state index in [1.54, 1.807) is 30.5 Å². The third-order valence-corrected chi connectivity index (χ3v) is 5.98. The maximum atomic E-state index is 12.6. The molecule has 1 amide bonds. The van der Waals surface area contributed by atoms with E-state index in [0.29, 0.717) is 10.7 Å². The summed E-state index contributed by atoms with van der Waals surface area (Å²) in [6, 6.07) is 30.0. The van der Waals surface area contributed by atoms with Gasteiger partial charge in [-0.3, -0.25) is 9.69 Å². The summed E-state index contributed by atoms with van der Waals surface area (Å²) >= 11 is 5.89. The van der Waals surface area contributed by atoms with Crippen LogP contribution in [0.5, 0.6) is 0 Å². The number of carbonyl (C=O) groups is 1. The van der Waals surface area contributed by atoms with Crippen LogP contribution in [0, 0.1) is 11.3 Å². The minimum atomic E-state index is -0.423. The van der Waals surface area contributed by atoms with Crippen LogP contribution in [-0.4, -0.2) is 41.9 Å². The van der Waals surface area contributed by atoms with Crippen LogP contribution in [0.25, 0.3) is 0 Å². The Kier molecular flexibility index (Phi) is 7.41. The van der Waals surface area contributed by atoms with Crippen molar-refractivity contribution in [2.75, 3.05) is 31.5 Å². The second-order valence-corrected chi connectivity index (χ2v) is 8.35. The largest absolute Gasteiger partial charge is 0.374 e. The zero-order chi connectivity index (χ0) is 23.0. The Morgan fingerprint density at radius 1 is 0.879 bits per heavy atom. The van der Waals surface area contributed by atoms with Gasteiger partial charge >= 0.3 is 0 Å². The minimum Gasteiger partial charge on any atom is -0.374 e. The van der Waals surface area contributed by atoms with E-state index in [4.69, 9.17) is 11.6 Å². The number of piperazine rings is 1. The molecule has 1 heterocycles. The van der Waals surface area contributed by atoms with Crippen LogP contribution in [0.2, 0.25) is 5.02 Å². The number of halogens is 1. The van der Waals surface area contributed by atoms with E-state index < -0.39 is 5.91 Å². The zero-order valence-corrected chi connectivity index (χ0v) is 18.9. The molecule has 3 aromatic rings. The van der Waals surface area contributed by atoms with Gasteiger partial charge in [-0.2, -0.15) is 5.26 Å². The maximum absolute atomic E-state index is 12.6. The molecule has 6 heteroatoms. The molecule has 0 spiro atoms. The molecular formula is C27H25ClN4O. The average molecular weight is 457 g/mol. The van der Waals surface area contributed by atoms with E-state index in [0.717, 1.165) is 26.2 Å². The van der Waals surface area contributed by atoms with Crippen molar-refractivity contribution < 1.29 is 4.79 Å². The Labute approximate surface area is 199 Å². The number of anilines is 1. The van der Waals surface area contributed by atoms with E-state index in [-0.39, 0.29) is 11.6 Å². The van der Waals surface area contributed by atoms with Crippen molar-refractivity contribution in [3.8, 4) is 6.07 Å². The van der Waals surface area contributed by atoms with Crippen LogP contribution in [0.15, 0.2) is 96.7 Å². The Bertz CT molecular complexity index is 1090. The number of nitrogens with zero attached hydrogens (tertiary/aromatic N) is 3. The molecule has 1 saturated heterocycles. The van der Waals surface area contributed by atoms with Gasteiger partial charge in [-0.15, -0.1) is 0 Å². The molecule has 5 nitrogen and oxygen atoms in total. The topological polar surface area (TPSA) is 59.4 Å². The molecule has 1 N–H and O–H groups in total. The van der Waals surface area contributed by atoms with Crippen LogP contribution < -0.4 is 5.32 Å². The number of rotatable bonds is 6. The van der Waals surface area contributed by atoms with Crippen molar-refractivity contribution >= 4 is 23.2 Å². The summed E-state index contributed by atoms with van der Waals surface area (Å²) in [7, 11) is 0. The lowest BCUT2D eigenvalue weighted by Gasteiger charge is -2.39. The molecular weight excluding hydrogens is 432 g/mol. The normalized spacial score (nSPS) is 14.7. The van der Waals surface area contributed by atoms with E-state index in [2.05, 4.69) is 58.7 Å². The number of benzene rings is 3. The van der Waals surface area contributed by atoms with Gasteiger partial charge in [-0.1, -0.05) is 72.3 Å². The van der Waals surface area contributed by atoms with Gasteiger partial charge in [0.2, 0.25) is 0 Å². The molecule has 0 aliphatic carbocycles. The summed E-state index contributed by atoms with van der Waals surface area (Å²) in [5, 5.41) is 12.9. The molecule has 0 bridgehead atoms. The van der Waals surface area contributed by atoms with Crippen LogP contribution in [0.4, 0.5) is 5.69 Å². The molecule has 0 radical (unpaired) electrons. The second kappa shape index (κ2) is 10.8. The first-order valence-electron chi connectivity index (χ1n) is 10.9. The lowest BCUT2D eigenvalue weighted by Crippen LogP contribution is -2.46. The molecule has 3 aromatic carbocycles. The van der Waals surface area contributed by atoms with Gasteiger partial charge in [-0.25, -0.2) is 0 Å². The predicted octanol–water partition coefficient (Wildman–Crippen LogP) is 5.09. The average Bonchev–Trinajstić information content (AvgIpc) is 2.86. The van der Waals surface area contributed by atoms with Crippen molar-refractivity contribution in [2.24, 2.45) is 0 Å². The standard InChI is InChI=1S/C27H25ClN4O/c28-24-11-13-25(14-12-24)30-27(33)23(19-29)20-31-15-17-32(18-16-31)26(21-7-3-1-4-8-21)22-9-5-2-6-10-22/h1-14,20,26H,15-18H2,(H,30,33)/b23-20-. The quantitative estimate of drug-likeness (QED) is 0.414. The smallest absolute Gasteiger partial charge is 0.267 e. The number of nitrogens with one attached hydrogen (secondary N) is 1. The summed E-state index contributed by atoms with van der Waals surface area (Å²) in [4.78, 5) is 17.1. The summed E-state index contributed by atoms with van der Waals surface area (Å²) in [5.74, 6) is -0.423. The van der Waals surface area contributed by atoms with Gasteiger partial charge in [0, 0.05) is 43.1 Å². The fourth-order valence-electron chi connectivity index (χ4n) is 4.06. The first-order valence-corrected chi connectivity index (χ1v) is 11.3. The second-order valence-electron chi connectivity index (χ2n) is 7.91. The highest BCUT2D eigenvalue weighted by atomic mass is 35.5. The first kappa shape index (κ1) is 22.6. The molecule has 0 unspecified atom stereocenters. The van der Waals surface area contributed by atoms with E-state index in [9.17, 15) is 10.1 Å². The highest BCUT2D eigenvalue weighted by Gasteiger charge is 2.26. The molecule has 4 rings (SSSR count). The van der Waals surface area contributed by atoms with Crippen molar-refractivity contribution in [1.82, 2.24) is 9.80 Å². The molecule has 0 aromatic heterocycles.